The van der Waals surface area contributed by atoms with Crippen molar-refractivity contribution < 1.29 is 18.8 Å². The number of nitrogens with one attached hydrogen (secondary N) is 1. The molecule has 29 heavy (non-hydrogen) atoms. The number of pyridine rings is 1. The Bertz CT molecular complexity index is 1020. The van der Waals surface area contributed by atoms with Gasteiger partial charge in [-0.25, -0.2) is 9.18 Å². The summed E-state index contributed by atoms with van der Waals surface area (Å²) in [5.74, 6) is -1.06. The first-order chi connectivity index (χ1) is 14.0. The molecule has 0 bridgehead atoms. The molecule has 4 rings (SSSR count). The molecule has 0 amide bonds. The summed E-state index contributed by atoms with van der Waals surface area (Å²) in [6.07, 6.45) is 1.33. The Morgan fingerprint density at radius 1 is 1.28 bits per heavy atom. The number of nitrogens with zero attached hydrogens (tertiary/aromatic N) is 2. The second-order valence-electron chi connectivity index (χ2n) is 7.02. The first-order valence-electron chi connectivity index (χ1n) is 9.26. The van der Waals surface area contributed by atoms with E-state index in [1.165, 1.54) is 18.2 Å². The lowest BCUT2D eigenvalue weighted by Gasteiger charge is -2.26. The topological polar surface area (TPSA) is 81.9 Å². The van der Waals surface area contributed by atoms with E-state index in [0.29, 0.717) is 43.1 Å². The minimum atomic E-state index is -0.508. The summed E-state index contributed by atoms with van der Waals surface area (Å²) >= 11 is 5.81. The highest BCUT2D eigenvalue weighted by Gasteiger charge is 2.28. The van der Waals surface area contributed by atoms with Crippen LogP contribution < -0.4 is 10.9 Å². The van der Waals surface area contributed by atoms with Crippen molar-refractivity contribution in [2.75, 3.05) is 19.7 Å². The Hall–Kier alpha value is -2.55. The lowest BCUT2D eigenvalue weighted by atomic mass is 9.95. The van der Waals surface area contributed by atoms with E-state index in [0.717, 1.165) is 0 Å². The molecule has 1 aromatic carbocycles. The average Bonchev–Trinajstić information content (AvgIpc) is 3.01. The van der Waals surface area contributed by atoms with Gasteiger partial charge >= 0.3 is 5.97 Å². The van der Waals surface area contributed by atoms with Gasteiger partial charge in [-0.1, -0.05) is 22.8 Å². The van der Waals surface area contributed by atoms with Gasteiger partial charge in [-0.2, -0.15) is 0 Å². The Labute approximate surface area is 171 Å². The van der Waals surface area contributed by atoms with E-state index < -0.39 is 17.9 Å². The van der Waals surface area contributed by atoms with Crippen LogP contribution in [0.15, 0.2) is 46.5 Å². The third-order valence-corrected chi connectivity index (χ3v) is 5.31. The zero-order valence-electron chi connectivity index (χ0n) is 15.4. The predicted molar refractivity (Wildman–Crippen MR) is 104 cm³/mol. The van der Waals surface area contributed by atoms with Gasteiger partial charge in [0.25, 0.3) is 5.56 Å². The summed E-state index contributed by atoms with van der Waals surface area (Å²) < 4.78 is 21.5. The summed E-state index contributed by atoms with van der Waals surface area (Å²) in [7, 11) is 0. The van der Waals surface area contributed by atoms with Gasteiger partial charge in [0.15, 0.2) is 0 Å². The van der Waals surface area contributed by atoms with Crippen LogP contribution in [0.1, 0.15) is 23.7 Å². The van der Waals surface area contributed by atoms with E-state index in [1.54, 1.807) is 22.9 Å². The minimum Gasteiger partial charge on any atom is -0.372 e. The quantitative estimate of drug-likeness (QED) is 0.769. The molecule has 1 N–H and O–H groups in total. The molecule has 2 aliphatic rings. The lowest BCUT2D eigenvalue weighted by Crippen LogP contribution is -2.32. The van der Waals surface area contributed by atoms with Gasteiger partial charge in [0, 0.05) is 43.4 Å². The summed E-state index contributed by atoms with van der Waals surface area (Å²) in [5, 5.41) is 7.10. The van der Waals surface area contributed by atoms with Gasteiger partial charge in [-0.05, 0) is 23.8 Å². The van der Waals surface area contributed by atoms with Crippen molar-refractivity contribution in [1.29, 1.82) is 0 Å². The van der Waals surface area contributed by atoms with Crippen LogP contribution in [0.5, 0.6) is 0 Å². The first-order valence-corrected chi connectivity index (χ1v) is 9.64. The van der Waals surface area contributed by atoms with E-state index in [4.69, 9.17) is 16.3 Å². The second kappa shape index (κ2) is 8.44. The minimum absolute atomic E-state index is 0.0510. The molecule has 0 spiro atoms. The Balaban J connectivity index is 1.62. The van der Waals surface area contributed by atoms with Gasteiger partial charge < -0.3 is 19.5 Å². The Kier molecular flexibility index (Phi) is 5.75. The van der Waals surface area contributed by atoms with Gasteiger partial charge in [0.05, 0.1) is 24.2 Å². The normalized spacial score (nSPS) is 22.1. The van der Waals surface area contributed by atoms with Crippen LogP contribution in [0.3, 0.4) is 0 Å². The third-order valence-electron chi connectivity index (χ3n) is 5.00. The summed E-state index contributed by atoms with van der Waals surface area (Å²) in [6, 6.07) is 7.67. The number of aromatic nitrogens is 1. The number of halogens is 2. The molecular weight excluding hydrogens is 401 g/mol. The molecule has 1 saturated heterocycles. The number of hydrogen-bond donors (Lipinski definition) is 1. The number of carbonyl (C=O) groups excluding carboxylic acids is 1. The van der Waals surface area contributed by atoms with Crippen LogP contribution in [0.4, 0.5) is 4.39 Å². The molecule has 9 heteroatoms. The fourth-order valence-corrected chi connectivity index (χ4v) is 3.68. The van der Waals surface area contributed by atoms with Crippen molar-refractivity contribution in [3.63, 3.8) is 0 Å². The molecule has 7 nitrogen and oxygen atoms in total. The van der Waals surface area contributed by atoms with Crippen molar-refractivity contribution in [3.05, 3.63) is 68.8 Å². The van der Waals surface area contributed by atoms with Gasteiger partial charge in [0.1, 0.15) is 11.5 Å². The SMILES string of the molecule is O=C1CC(c2ccc(=O)n(C[C@@H]3CNCCO[C@H]3c3ccc(Cl)c(F)c3)c2)=NO1. The smallest absolute Gasteiger partial charge is 0.341 e. The maximum absolute atomic E-state index is 14.0. The number of benzene rings is 1. The van der Waals surface area contributed by atoms with Crippen molar-refractivity contribution in [3.8, 4) is 0 Å². The second-order valence-corrected chi connectivity index (χ2v) is 7.42. The summed E-state index contributed by atoms with van der Waals surface area (Å²) in [4.78, 5) is 28.4. The highest BCUT2D eigenvalue weighted by Crippen LogP contribution is 2.30. The Morgan fingerprint density at radius 3 is 2.90 bits per heavy atom. The summed E-state index contributed by atoms with van der Waals surface area (Å²) in [6.45, 7) is 2.07. The van der Waals surface area contributed by atoms with Crippen LogP contribution >= 0.6 is 11.6 Å². The maximum Gasteiger partial charge on any atom is 0.341 e. The molecule has 1 fully saturated rings. The van der Waals surface area contributed by atoms with Crippen molar-refractivity contribution in [2.24, 2.45) is 11.1 Å². The van der Waals surface area contributed by atoms with E-state index in [9.17, 15) is 14.0 Å². The molecule has 2 atom stereocenters. The zero-order chi connectivity index (χ0) is 20.4. The molecule has 1 aromatic heterocycles. The van der Waals surface area contributed by atoms with Gasteiger partial charge in [0.2, 0.25) is 0 Å². The van der Waals surface area contributed by atoms with Gasteiger partial charge in [-0.3, -0.25) is 4.79 Å². The fraction of sp³-hybridized carbons (Fsp3) is 0.350. The molecule has 0 aliphatic carbocycles. The largest absolute Gasteiger partial charge is 0.372 e. The van der Waals surface area contributed by atoms with Crippen molar-refractivity contribution >= 4 is 23.3 Å². The molecule has 2 aliphatic heterocycles. The first kappa shape index (κ1) is 19.8. The van der Waals surface area contributed by atoms with Crippen LogP contribution in [-0.2, 0) is 20.9 Å². The molecule has 152 valence electrons. The van der Waals surface area contributed by atoms with E-state index >= 15 is 0 Å². The highest BCUT2D eigenvalue weighted by molar-refractivity contribution is 6.30. The molecule has 0 unspecified atom stereocenters. The fourth-order valence-electron chi connectivity index (χ4n) is 3.57. The van der Waals surface area contributed by atoms with Crippen molar-refractivity contribution in [2.45, 2.75) is 19.1 Å². The van der Waals surface area contributed by atoms with Crippen LogP contribution in [-0.4, -0.2) is 35.9 Å². The van der Waals surface area contributed by atoms with Crippen LogP contribution in [0.25, 0.3) is 0 Å². The van der Waals surface area contributed by atoms with Crippen LogP contribution in [0, 0.1) is 11.7 Å². The number of oxime groups is 1. The molecule has 3 heterocycles. The van der Waals surface area contributed by atoms with E-state index in [1.807, 2.05) is 0 Å². The third kappa shape index (κ3) is 4.39. The monoisotopic (exact) mass is 419 g/mol. The number of carbonyl (C=O) groups is 1. The van der Waals surface area contributed by atoms with Crippen LogP contribution in [0.2, 0.25) is 5.02 Å². The maximum atomic E-state index is 14.0. The molecular formula is C20H19ClFN3O4. The summed E-state index contributed by atoms with van der Waals surface area (Å²) in [5.41, 5.74) is 1.61. The standard InChI is InChI=1S/C20H19ClFN3O4/c21-15-3-1-12(7-16(15)22)20-14(9-23-5-6-28-20)11-25-10-13(2-4-18(25)26)17-8-19(27)29-24-17/h1-4,7,10,14,20,23H,5-6,8-9,11H2/t14-,20-/m0/s1. The van der Waals surface area contributed by atoms with E-state index in [2.05, 4.69) is 15.3 Å². The average molecular weight is 420 g/mol. The van der Waals surface area contributed by atoms with Crippen molar-refractivity contribution in [1.82, 2.24) is 9.88 Å². The lowest BCUT2D eigenvalue weighted by molar-refractivity contribution is -0.140. The molecule has 0 saturated carbocycles. The number of ether oxygens (including phenoxy) is 1. The predicted octanol–water partition coefficient (Wildman–Crippen LogP) is 2.27. The number of rotatable bonds is 4. The molecule has 0 radical (unpaired) electrons. The molecule has 2 aromatic rings. The van der Waals surface area contributed by atoms with E-state index in [-0.39, 0.29) is 22.9 Å². The zero-order valence-corrected chi connectivity index (χ0v) is 16.2. The van der Waals surface area contributed by atoms with Gasteiger partial charge in [-0.15, -0.1) is 0 Å². The highest BCUT2D eigenvalue weighted by atomic mass is 35.5. The Morgan fingerprint density at radius 2 is 2.14 bits per heavy atom. The number of hydrogen-bond acceptors (Lipinski definition) is 6.